The molecule has 1 aromatic heterocycles. The van der Waals surface area contributed by atoms with Crippen LogP contribution in [0.4, 0.5) is 0 Å². The molecule has 0 saturated carbocycles. The zero-order chi connectivity index (χ0) is 23.7. The van der Waals surface area contributed by atoms with Gasteiger partial charge in [-0.15, -0.1) is 11.3 Å². The molecule has 178 valence electrons. The molecule has 0 bridgehead atoms. The number of hydrogen-bond acceptors (Lipinski definition) is 7. The Balaban J connectivity index is 1.47. The van der Waals surface area contributed by atoms with Crippen molar-refractivity contribution in [3.05, 3.63) is 74.8 Å². The first-order chi connectivity index (χ1) is 16.6. The molecule has 6 nitrogen and oxygen atoms in total. The summed E-state index contributed by atoms with van der Waals surface area (Å²) in [5.41, 5.74) is 3.86. The Morgan fingerprint density at radius 1 is 1.21 bits per heavy atom. The molecular formula is C27H29NO5S. The van der Waals surface area contributed by atoms with E-state index >= 15 is 0 Å². The second-order valence-corrected chi connectivity index (χ2v) is 9.99. The third kappa shape index (κ3) is 4.30. The maximum Gasteiger partial charge on any atom is 0.336 e. The summed E-state index contributed by atoms with van der Waals surface area (Å²) in [5, 5.41) is 5.39. The zero-order valence-electron chi connectivity index (χ0n) is 19.5. The van der Waals surface area contributed by atoms with Gasteiger partial charge in [0.1, 0.15) is 12.4 Å². The molecule has 0 radical (unpaired) electrons. The van der Waals surface area contributed by atoms with Crippen LogP contribution in [0.5, 0.6) is 5.75 Å². The standard InChI is InChI=1S/C27H29NO5S/c1-16-24(27(30)33-15-18-7-5-11-32-18)26(23-10-6-12-34-23)25-20(28-16)13-17(14-21(25)29)19-8-3-4-9-22(19)31-2/h3-4,6,8-10,12,17-18,26,28H,5,7,11,13-15H2,1-2H3/t17-,18+,26+/m0/s1. The molecule has 3 atom stereocenters. The largest absolute Gasteiger partial charge is 0.496 e. The van der Waals surface area contributed by atoms with Gasteiger partial charge in [0.2, 0.25) is 0 Å². The molecule has 34 heavy (non-hydrogen) atoms. The van der Waals surface area contributed by atoms with Crippen molar-refractivity contribution >= 4 is 23.1 Å². The molecule has 5 rings (SSSR count). The van der Waals surface area contributed by atoms with Gasteiger partial charge in [0.15, 0.2) is 5.78 Å². The van der Waals surface area contributed by atoms with E-state index in [4.69, 9.17) is 14.2 Å². The first-order valence-electron chi connectivity index (χ1n) is 11.8. The quantitative estimate of drug-likeness (QED) is 0.598. The van der Waals surface area contributed by atoms with E-state index in [9.17, 15) is 9.59 Å². The van der Waals surface area contributed by atoms with Crippen molar-refractivity contribution in [1.82, 2.24) is 5.32 Å². The number of nitrogens with one attached hydrogen (secondary N) is 1. The van der Waals surface area contributed by atoms with Crippen molar-refractivity contribution in [2.45, 2.75) is 50.5 Å². The molecule has 2 aromatic rings. The van der Waals surface area contributed by atoms with Crippen LogP contribution in [0.15, 0.2) is 64.3 Å². The molecule has 1 fully saturated rings. The van der Waals surface area contributed by atoms with E-state index in [0.29, 0.717) is 30.6 Å². The van der Waals surface area contributed by atoms with Crippen LogP contribution in [-0.4, -0.2) is 38.2 Å². The number of methoxy groups -OCH3 is 1. The van der Waals surface area contributed by atoms with Crippen molar-refractivity contribution < 1.29 is 23.8 Å². The Morgan fingerprint density at radius 2 is 2.06 bits per heavy atom. The second-order valence-electron chi connectivity index (χ2n) is 9.01. The average Bonchev–Trinajstić information content (AvgIpc) is 3.56. The lowest BCUT2D eigenvalue weighted by Crippen LogP contribution is -2.36. The fourth-order valence-corrected chi connectivity index (χ4v) is 6.14. The van der Waals surface area contributed by atoms with E-state index in [1.54, 1.807) is 18.4 Å². The summed E-state index contributed by atoms with van der Waals surface area (Å²) in [6, 6.07) is 11.8. The number of allylic oxidation sites excluding steroid dienone is 3. The predicted octanol–water partition coefficient (Wildman–Crippen LogP) is 4.84. The number of Topliss-reactive ketones (excluding diaryl/α,β-unsaturated/α-hetero) is 1. The molecule has 2 aliphatic heterocycles. The normalized spacial score (nSPS) is 24.6. The molecule has 1 aliphatic carbocycles. The van der Waals surface area contributed by atoms with Crippen LogP contribution in [0.3, 0.4) is 0 Å². The lowest BCUT2D eigenvalue weighted by Gasteiger charge is -2.36. The van der Waals surface area contributed by atoms with E-state index < -0.39 is 5.92 Å². The Bertz CT molecular complexity index is 1140. The van der Waals surface area contributed by atoms with Crippen LogP contribution < -0.4 is 10.1 Å². The lowest BCUT2D eigenvalue weighted by molar-refractivity contribution is -0.142. The number of carbonyl (C=O) groups is 2. The highest BCUT2D eigenvalue weighted by molar-refractivity contribution is 7.10. The maximum absolute atomic E-state index is 13.6. The molecule has 1 saturated heterocycles. The number of carbonyl (C=O) groups excluding carboxylic acids is 2. The number of esters is 1. The van der Waals surface area contributed by atoms with Gasteiger partial charge < -0.3 is 19.5 Å². The Kier molecular flexibility index (Phi) is 6.57. The van der Waals surface area contributed by atoms with Gasteiger partial charge in [0, 0.05) is 40.8 Å². The van der Waals surface area contributed by atoms with Gasteiger partial charge in [-0.25, -0.2) is 4.79 Å². The molecule has 0 amide bonds. The van der Waals surface area contributed by atoms with E-state index in [-0.39, 0.29) is 30.4 Å². The molecule has 1 aromatic carbocycles. The van der Waals surface area contributed by atoms with E-state index in [1.807, 2.05) is 48.7 Å². The fourth-order valence-electron chi connectivity index (χ4n) is 5.30. The number of hydrogen-bond donors (Lipinski definition) is 1. The van der Waals surface area contributed by atoms with Crippen LogP contribution >= 0.6 is 11.3 Å². The number of dihydropyridines is 1. The minimum absolute atomic E-state index is 0.0136. The first kappa shape index (κ1) is 22.9. The molecular weight excluding hydrogens is 450 g/mol. The van der Waals surface area contributed by atoms with E-state index in [2.05, 4.69) is 5.32 Å². The molecule has 0 spiro atoms. The molecule has 1 N–H and O–H groups in total. The summed E-state index contributed by atoms with van der Waals surface area (Å²) < 4.78 is 16.9. The van der Waals surface area contributed by atoms with Crippen LogP contribution in [0.2, 0.25) is 0 Å². The third-order valence-electron chi connectivity index (χ3n) is 6.88. The van der Waals surface area contributed by atoms with Gasteiger partial charge in [-0.3, -0.25) is 4.79 Å². The highest BCUT2D eigenvalue weighted by atomic mass is 32.1. The summed E-state index contributed by atoms with van der Waals surface area (Å²) in [6.07, 6.45) is 2.89. The van der Waals surface area contributed by atoms with Crippen LogP contribution in [0, 0.1) is 0 Å². The molecule has 3 heterocycles. The van der Waals surface area contributed by atoms with Crippen molar-refractivity contribution in [3.8, 4) is 5.75 Å². The molecule has 3 aliphatic rings. The minimum Gasteiger partial charge on any atom is -0.496 e. The Hall–Kier alpha value is -2.90. The Morgan fingerprint density at radius 3 is 2.79 bits per heavy atom. The lowest BCUT2D eigenvalue weighted by atomic mass is 9.73. The number of ether oxygens (including phenoxy) is 3. The zero-order valence-corrected chi connectivity index (χ0v) is 20.3. The molecule has 7 heteroatoms. The van der Waals surface area contributed by atoms with Gasteiger partial charge in [0.25, 0.3) is 0 Å². The monoisotopic (exact) mass is 479 g/mol. The summed E-state index contributed by atoms with van der Waals surface area (Å²) in [6.45, 7) is 2.84. The van der Waals surface area contributed by atoms with E-state index in [1.165, 1.54) is 0 Å². The van der Waals surface area contributed by atoms with Gasteiger partial charge in [0.05, 0.1) is 24.7 Å². The number of para-hydroxylation sites is 1. The van der Waals surface area contributed by atoms with Crippen molar-refractivity contribution in [1.29, 1.82) is 0 Å². The topological polar surface area (TPSA) is 73.9 Å². The Labute approximate surface area is 203 Å². The van der Waals surface area contributed by atoms with E-state index in [0.717, 1.165) is 40.4 Å². The van der Waals surface area contributed by atoms with Gasteiger partial charge in [-0.1, -0.05) is 24.3 Å². The summed E-state index contributed by atoms with van der Waals surface area (Å²) >= 11 is 1.56. The second kappa shape index (κ2) is 9.76. The summed E-state index contributed by atoms with van der Waals surface area (Å²) in [5.74, 6) is 0.0600. The van der Waals surface area contributed by atoms with Crippen LogP contribution in [-0.2, 0) is 19.1 Å². The van der Waals surface area contributed by atoms with Gasteiger partial charge in [-0.05, 0) is 49.3 Å². The SMILES string of the molecule is COc1ccccc1[C@@H]1CC(=O)C2=C(C1)NC(C)=C(C(=O)OC[C@H]1CCCO1)[C@H]2c1cccs1. The third-order valence-corrected chi connectivity index (χ3v) is 7.82. The highest BCUT2D eigenvalue weighted by Crippen LogP contribution is 2.47. The minimum atomic E-state index is -0.417. The average molecular weight is 480 g/mol. The number of ketones is 1. The summed E-state index contributed by atoms with van der Waals surface area (Å²) in [7, 11) is 1.65. The van der Waals surface area contributed by atoms with Crippen molar-refractivity contribution in [2.24, 2.45) is 0 Å². The maximum atomic E-state index is 13.6. The first-order valence-corrected chi connectivity index (χ1v) is 12.6. The number of benzene rings is 1. The van der Waals surface area contributed by atoms with Gasteiger partial charge >= 0.3 is 5.97 Å². The van der Waals surface area contributed by atoms with Gasteiger partial charge in [-0.2, -0.15) is 0 Å². The number of thiophene rings is 1. The smallest absolute Gasteiger partial charge is 0.336 e. The summed E-state index contributed by atoms with van der Waals surface area (Å²) in [4.78, 5) is 27.9. The van der Waals surface area contributed by atoms with Crippen LogP contribution in [0.1, 0.15) is 54.9 Å². The number of rotatable bonds is 6. The van der Waals surface area contributed by atoms with Crippen molar-refractivity contribution in [3.63, 3.8) is 0 Å². The van der Waals surface area contributed by atoms with Crippen LogP contribution in [0.25, 0.3) is 0 Å². The fraction of sp³-hybridized carbons (Fsp3) is 0.407. The van der Waals surface area contributed by atoms with Crippen molar-refractivity contribution in [2.75, 3.05) is 20.3 Å². The molecule has 0 unspecified atom stereocenters. The predicted molar refractivity (Wildman–Crippen MR) is 130 cm³/mol. The highest BCUT2D eigenvalue weighted by Gasteiger charge is 2.42.